The maximum atomic E-state index is 11.9. The van der Waals surface area contributed by atoms with Gasteiger partial charge >= 0.3 is 0 Å². The van der Waals surface area contributed by atoms with Crippen LogP contribution in [-0.4, -0.2) is 22.4 Å². The van der Waals surface area contributed by atoms with E-state index in [1.54, 1.807) is 12.4 Å². The van der Waals surface area contributed by atoms with E-state index in [9.17, 15) is 4.79 Å². The predicted molar refractivity (Wildman–Crippen MR) is 78.4 cm³/mol. The zero-order valence-corrected chi connectivity index (χ0v) is 11.5. The second-order valence-electron chi connectivity index (χ2n) is 4.44. The van der Waals surface area contributed by atoms with E-state index in [4.69, 9.17) is 0 Å². The molecule has 0 radical (unpaired) electrons. The number of nitrogens with zero attached hydrogens (tertiary/aromatic N) is 2. The molecule has 2 aromatic rings. The Labute approximate surface area is 118 Å². The van der Waals surface area contributed by atoms with E-state index in [-0.39, 0.29) is 5.91 Å². The molecule has 0 fully saturated rings. The number of rotatable bonds is 6. The highest BCUT2D eigenvalue weighted by Crippen LogP contribution is 2.11. The van der Waals surface area contributed by atoms with Gasteiger partial charge in [0.05, 0.1) is 0 Å². The SMILES string of the molecule is CCCNC(=O)c1cccc(NCc2cncnc2)c1. The van der Waals surface area contributed by atoms with Crippen LogP contribution in [-0.2, 0) is 6.54 Å². The molecule has 0 unspecified atom stereocenters. The third-order valence-corrected chi connectivity index (χ3v) is 2.77. The Kier molecular flexibility index (Phi) is 5.06. The van der Waals surface area contributed by atoms with Gasteiger partial charge in [-0.25, -0.2) is 9.97 Å². The predicted octanol–water partition coefficient (Wildman–Crippen LogP) is 2.23. The van der Waals surface area contributed by atoms with E-state index in [0.29, 0.717) is 18.7 Å². The van der Waals surface area contributed by atoms with Crippen molar-refractivity contribution >= 4 is 11.6 Å². The van der Waals surface area contributed by atoms with Gasteiger partial charge in [0.1, 0.15) is 6.33 Å². The van der Waals surface area contributed by atoms with E-state index in [1.807, 2.05) is 31.2 Å². The molecule has 0 spiro atoms. The molecule has 1 heterocycles. The van der Waals surface area contributed by atoms with Gasteiger partial charge in [-0.2, -0.15) is 0 Å². The molecule has 5 nitrogen and oxygen atoms in total. The number of carbonyl (C=O) groups excluding carboxylic acids is 1. The summed E-state index contributed by atoms with van der Waals surface area (Å²) in [6.45, 7) is 3.35. The first kappa shape index (κ1) is 14.0. The summed E-state index contributed by atoms with van der Waals surface area (Å²) < 4.78 is 0. The lowest BCUT2D eigenvalue weighted by atomic mass is 10.2. The van der Waals surface area contributed by atoms with Crippen molar-refractivity contribution in [2.75, 3.05) is 11.9 Å². The molecule has 5 heteroatoms. The summed E-state index contributed by atoms with van der Waals surface area (Å²) >= 11 is 0. The van der Waals surface area contributed by atoms with Crippen molar-refractivity contribution in [1.82, 2.24) is 15.3 Å². The van der Waals surface area contributed by atoms with Crippen LogP contribution in [0.15, 0.2) is 43.0 Å². The van der Waals surface area contributed by atoms with Crippen LogP contribution in [0.5, 0.6) is 0 Å². The van der Waals surface area contributed by atoms with Crippen molar-refractivity contribution in [2.45, 2.75) is 19.9 Å². The largest absolute Gasteiger partial charge is 0.381 e. The third-order valence-electron chi connectivity index (χ3n) is 2.77. The summed E-state index contributed by atoms with van der Waals surface area (Å²) in [7, 11) is 0. The van der Waals surface area contributed by atoms with Crippen molar-refractivity contribution in [3.8, 4) is 0 Å². The van der Waals surface area contributed by atoms with Gasteiger partial charge < -0.3 is 10.6 Å². The zero-order chi connectivity index (χ0) is 14.2. The Morgan fingerprint density at radius 2 is 2.05 bits per heavy atom. The van der Waals surface area contributed by atoms with E-state index in [1.165, 1.54) is 6.33 Å². The average Bonchev–Trinajstić information content (AvgIpc) is 2.52. The number of amides is 1. The molecular formula is C15H18N4O. The standard InChI is InChI=1S/C15H18N4O/c1-2-6-18-15(20)13-4-3-5-14(7-13)19-10-12-8-16-11-17-9-12/h3-5,7-9,11,19H,2,6,10H2,1H3,(H,18,20). The van der Waals surface area contributed by atoms with Crippen LogP contribution in [0.2, 0.25) is 0 Å². The molecule has 2 rings (SSSR count). The second-order valence-corrected chi connectivity index (χ2v) is 4.44. The quantitative estimate of drug-likeness (QED) is 0.844. The minimum absolute atomic E-state index is 0.0430. The number of carbonyl (C=O) groups is 1. The molecule has 2 N–H and O–H groups in total. The van der Waals surface area contributed by atoms with Crippen LogP contribution in [0.25, 0.3) is 0 Å². The van der Waals surface area contributed by atoms with Crippen molar-refractivity contribution in [3.05, 3.63) is 54.1 Å². The van der Waals surface area contributed by atoms with Crippen LogP contribution in [0, 0.1) is 0 Å². The fourth-order valence-corrected chi connectivity index (χ4v) is 1.74. The number of nitrogens with one attached hydrogen (secondary N) is 2. The number of anilines is 1. The molecule has 104 valence electrons. The Morgan fingerprint density at radius 3 is 2.80 bits per heavy atom. The van der Waals surface area contributed by atoms with Gasteiger partial charge in [-0.05, 0) is 24.6 Å². The molecule has 0 atom stereocenters. The topological polar surface area (TPSA) is 66.9 Å². The van der Waals surface area contributed by atoms with Crippen molar-refractivity contribution in [2.24, 2.45) is 0 Å². The highest BCUT2D eigenvalue weighted by atomic mass is 16.1. The van der Waals surface area contributed by atoms with Gasteiger partial charge in [-0.1, -0.05) is 13.0 Å². The highest BCUT2D eigenvalue weighted by molar-refractivity contribution is 5.95. The van der Waals surface area contributed by atoms with Crippen LogP contribution in [0.3, 0.4) is 0 Å². The first-order chi connectivity index (χ1) is 9.79. The second kappa shape index (κ2) is 7.23. The molecule has 1 amide bonds. The molecule has 1 aromatic heterocycles. The Hall–Kier alpha value is -2.43. The molecular weight excluding hydrogens is 252 g/mol. The lowest BCUT2D eigenvalue weighted by Gasteiger charge is -2.08. The summed E-state index contributed by atoms with van der Waals surface area (Å²) in [5.41, 5.74) is 2.55. The van der Waals surface area contributed by atoms with Gasteiger partial charge in [0.2, 0.25) is 0 Å². The summed E-state index contributed by atoms with van der Waals surface area (Å²) in [5, 5.41) is 6.12. The number of aromatic nitrogens is 2. The minimum Gasteiger partial charge on any atom is -0.381 e. The first-order valence-electron chi connectivity index (χ1n) is 6.65. The molecule has 0 saturated heterocycles. The van der Waals surface area contributed by atoms with Crippen molar-refractivity contribution in [1.29, 1.82) is 0 Å². The monoisotopic (exact) mass is 270 g/mol. The Bertz CT molecular complexity index is 557. The van der Waals surface area contributed by atoms with E-state index in [0.717, 1.165) is 17.7 Å². The summed E-state index contributed by atoms with van der Waals surface area (Å²) in [6.07, 6.45) is 5.95. The summed E-state index contributed by atoms with van der Waals surface area (Å²) in [6, 6.07) is 7.45. The lowest BCUT2D eigenvalue weighted by Crippen LogP contribution is -2.23. The average molecular weight is 270 g/mol. The van der Waals surface area contributed by atoms with E-state index >= 15 is 0 Å². The maximum absolute atomic E-state index is 11.9. The molecule has 0 aliphatic heterocycles. The Balaban J connectivity index is 1.97. The normalized spacial score (nSPS) is 10.1. The molecule has 0 aliphatic rings. The van der Waals surface area contributed by atoms with Gasteiger partial charge in [0.25, 0.3) is 5.91 Å². The van der Waals surface area contributed by atoms with Crippen LogP contribution < -0.4 is 10.6 Å². The fraction of sp³-hybridized carbons (Fsp3) is 0.267. The van der Waals surface area contributed by atoms with Crippen molar-refractivity contribution < 1.29 is 4.79 Å². The smallest absolute Gasteiger partial charge is 0.251 e. The molecule has 20 heavy (non-hydrogen) atoms. The van der Waals surface area contributed by atoms with Crippen LogP contribution >= 0.6 is 0 Å². The van der Waals surface area contributed by atoms with Gasteiger partial charge in [0, 0.05) is 42.3 Å². The lowest BCUT2D eigenvalue weighted by molar-refractivity contribution is 0.0953. The van der Waals surface area contributed by atoms with Crippen LogP contribution in [0.1, 0.15) is 29.3 Å². The van der Waals surface area contributed by atoms with Gasteiger partial charge in [0.15, 0.2) is 0 Å². The number of hydrogen-bond donors (Lipinski definition) is 2. The Morgan fingerprint density at radius 1 is 1.25 bits per heavy atom. The molecule has 0 saturated carbocycles. The first-order valence-corrected chi connectivity index (χ1v) is 6.65. The minimum atomic E-state index is -0.0430. The fourth-order valence-electron chi connectivity index (χ4n) is 1.74. The molecule has 0 bridgehead atoms. The van der Waals surface area contributed by atoms with E-state index in [2.05, 4.69) is 20.6 Å². The van der Waals surface area contributed by atoms with E-state index < -0.39 is 0 Å². The molecule has 1 aromatic carbocycles. The van der Waals surface area contributed by atoms with Gasteiger partial charge in [-0.15, -0.1) is 0 Å². The summed E-state index contributed by atoms with van der Waals surface area (Å²) in [5.74, 6) is -0.0430. The van der Waals surface area contributed by atoms with Gasteiger partial charge in [-0.3, -0.25) is 4.79 Å². The third kappa shape index (κ3) is 4.05. The summed E-state index contributed by atoms with van der Waals surface area (Å²) in [4.78, 5) is 19.8. The van der Waals surface area contributed by atoms with Crippen molar-refractivity contribution in [3.63, 3.8) is 0 Å². The van der Waals surface area contributed by atoms with Crippen LogP contribution in [0.4, 0.5) is 5.69 Å². The maximum Gasteiger partial charge on any atom is 0.251 e. The number of benzene rings is 1. The zero-order valence-electron chi connectivity index (χ0n) is 11.5. The number of hydrogen-bond acceptors (Lipinski definition) is 4. The highest BCUT2D eigenvalue weighted by Gasteiger charge is 2.05. The molecule has 0 aliphatic carbocycles.